The molecule has 0 bridgehead atoms. The van der Waals surface area contributed by atoms with Gasteiger partial charge in [0.05, 0.1) is 15.5 Å². The molecule has 0 atom stereocenters. The second-order valence-electron chi connectivity index (χ2n) is 7.54. The molecule has 6 nitrogen and oxygen atoms in total. The van der Waals surface area contributed by atoms with Crippen LogP contribution in [0, 0.1) is 5.92 Å². The van der Waals surface area contributed by atoms with E-state index in [1.54, 1.807) is 18.2 Å². The molecule has 1 saturated heterocycles. The quantitative estimate of drug-likeness (QED) is 0.595. The second kappa shape index (κ2) is 8.57. The standard InChI is InChI=1S/C21H19ClF3NO5S/c22-17-3-2-15(12-16(17)21(23,24)25)32(28,29)26-7-5-13(6-8-26)20(27)14-1-4-18-19(11-14)31-10-9-30-18/h1-4,11-13H,5-10H2. The number of ether oxygens (including phenoxy) is 2. The van der Waals surface area contributed by atoms with Gasteiger partial charge >= 0.3 is 6.18 Å². The fourth-order valence-corrected chi connectivity index (χ4v) is 5.54. The zero-order valence-corrected chi connectivity index (χ0v) is 18.3. The summed E-state index contributed by atoms with van der Waals surface area (Å²) in [6, 6.07) is 7.45. The Bertz CT molecular complexity index is 1140. The Labute approximate surface area is 187 Å². The maximum atomic E-state index is 13.1. The van der Waals surface area contributed by atoms with Gasteiger partial charge in [-0.1, -0.05) is 11.6 Å². The molecule has 2 aliphatic heterocycles. The van der Waals surface area contributed by atoms with E-state index in [4.69, 9.17) is 21.1 Å². The lowest BCUT2D eigenvalue weighted by Gasteiger charge is -2.31. The molecule has 2 aromatic carbocycles. The van der Waals surface area contributed by atoms with Crippen molar-refractivity contribution >= 4 is 27.4 Å². The van der Waals surface area contributed by atoms with Gasteiger partial charge in [-0.2, -0.15) is 17.5 Å². The summed E-state index contributed by atoms with van der Waals surface area (Å²) in [5.41, 5.74) is -0.757. The molecule has 0 radical (unpaired) electrons. The van der Waals surface area contributed by atoms with Crippen molar-refractivity contribution in [3.8, 4) is 11.5 Å². The van der Waals surface area contributed by atoms with Crippen LogP contribution in [0.2, 0.25) is 5.02 Å². The summed E-state index contributed by atoms with van der Waals surface area (Å²) in [7, 11) is -4.16. The minimum Gasteiger partial charge on any atom is -0.486 e. The van der Waals surface area contributed by atoms with Gasteiger partial charge in [0.25, 0.3) is 0 Å². The fourth-order valence-electron chi connectivity index (χ4n) is 3.82. The van der Waals surface area contributed by atoms with E-state index in [1.165, 1.54) is 0 Å². The topological polar surface area (TPSA) is 72.9 Å². The van der Waals surface area contributed by atoms with Crippen LogP contribution >= 0.6 is 11.6 Å². The predicted octanol–water partition coefficient (Wildman–Crippen LogP) is 4.41. The number of hydrogen-bond acceptors (Lipinski definition) is 5. The van der Waals surface area contributed by atoms with Crippen molar-refractivity contribution in [1.82, 2.24) is 4.31 Å². The smallest absolute Gasteiger partial charge is 0.417 e. The van der Waals surface area contributed by atoms with E-state index in [1.807, 2.05) is 0 Å². The summed E-state index contributed by atoms with van der Waals surface area (Å²) >= 11 is 5.59. The number of fused-ring (bicyclic) bond motifs is 1. The summed E-state index contributed by atoms with van der Waals surface area (Å²) < 4.78 is 77.2. The van der Waals surface area contributed by atoms with Crippen LogP contribution in [-0.4, -0.2) is 44.8 Å². The second-order valence-corrected chi connectivity index (χ2v) is 9.89. The number of piperidine rings is 1. The maximum absolute atomic E-state index is 13.1. The number of hydrogen-bond donors (Lipinski definition) is 0. The first kappa shape index (κ1) is 22.9. The van der Waals surface area contributed by atoms with Crippen molar-refractivity contribution in [2.24, 2.45) is 5.92 Å². The van der Waals surface area contributed by atoms with Crippen LogP contribution in [-0.2, 0) is 16.2 Å². The normalized spacial score (nSPS) is 17.9. The van der Waals surface area contributed by atoms with E-state index in [2.05, 4.69) is 0 Å². The molecule has 0 amide bonds. The molecule has 0 aliphatic carbocycles. The van der Waals surface area contributed by atoms with Crippen LogP contribution in [0.5, 0.6) is 11.5 Å². The van der Waals surface area contributed by atoms with Gasteiger partial charge in [-0.05, 0) is 49.2 Å². The molecule has 2 aromatic rings. The van der Waals surface area contributed by atoms with Crippen molar-refractivity contribution in [3.63, 3.8) is 0 Å². The molecule has 32 heavy (non-hydrogen) atoms. The number of carbonyl (C=O) groups excluding carboxylic acids is 1. The van der Waals surface area contributed by atoms with Crippen LogP contribution in [0.3, 0.4) is 0 Å². The number of Topliss-reactive ketones (excluding diaryl/α,β-unsaturated/α-hetero) is 1. The molecule has 172 valence electrons. The lowest BCUT2D eigenvalue weighted by atomic mass is 9.89. The van der Waals surface area contributed by atoms with Crippen molar-refractivity contribution in [2.75, 3.05) is 26.3 Å². The van der Waals surface area contributed by atoms with E-state index in [9.17, 15) is 26.4 Å². The van der Waals surface area contributed by atoms with Gasteiger partial charge < -0.3 is 9.47 Å². The summed E-state index contributed by atoms with van der Waals surface area (Å²) in [4.78, 5) is 12.4. The largest absolute Gasteiger partial charge is 0.486 e. The lowest BCUT2D eigenvalue weighted by Crippen LogP contribution is -2.40. The monoisotopic (exact) mass is 489 g/mol. The van der Waals surface area contributed by atoms with E-state index >= 15 is 0 Å². The Balaban J connectivity index is 1.47. The van der Waals surface area contributed by atoms with E-state index in [0.29, 0.717) is 36.3 Å². The summed E-state index contributed by atoms with van der Waals surface area (Å²) in [5, 5.41) is -0.569. The van der Waals surface area contributed by atoms with Crippen LogP contribution in [0.15, 0.2) is 41.3 Å². The van der Waals surface area contributed by atoms with Gasteiger partial charge in [0.15, 0.2) is 17.3 Å². The molecule has 0 spiro atoms. The molecule has 11 heteroatoms. The number of ketones is 1. The third kappa shape index (κ3) is 4.44. The highest BCUT2D eigenvalue weighted by atomic mass is 35.5. The lowest BCUT2D eigenvalue weighted by molar-refractivity contribution is -0.137. The number of nitrogens with zero attached hydrogens (tertiary/aromatic N) is 1. The predicted molar refractivity (Wildman–Crippen MR) is 110 cm³/mol. The molecule has 0 unspecified atom stereocenters. The molecule has 2 aliphatic rings. The maximum Gasteiger partial charge on any atom is 0.417 e. The average Bonchev–Trinajstić information content (AvgIpc) is 2.77. The third-order valence-electron chi connectivity index (χ3n) is 5.53. The summed E-state index contributed by atoms with van der Waals surface area (Å²) in [5.74, 6) is 0.519. The van der Waals surface area contributed by atoms with Gasteiger partial charge in [-0.3, -0.25) is 4.79 Å². The zero-order chi connectivity index (χ0) is 23.1. The Morgan fingerprint density at radius 1 is 1.00 bits per heavy atom. The summed E-state index contributed by atoms with van der Waals surface area (Å²) in [6.07, 6.45) is -4.26. The minimum absolute atomic E-state index is 0.0211. The minimum atomic E-state index is -4.77. The fraction of sp³-hybridized carbons (Fsp3) is 0.381. The van der Waals surface area contributed by atoms with E-state index in [0.717, 1.165) is 16.4 Å². The van der Waals surface area contributed by atoms with Crippen LogP contribution in [0.1, 0.15) is 28.8 Å². The van der Waals surface area contributed by atoms with Crippen LogP contribution in [0.25, 0.3) is 0 Å². The van der Waals surface area contributed by atoms with Crippen molar-refractivity contribution in [3.05, 3.63) is 52.5 Å². The first-order valence-corrected chi connectivity index (χ1v) is 11.7. The number of carbonyl (C=O) groups is 1. The van der Waals surface area contributed by atoms with E-state index in [-0.39, 0.29) is 31.7 Å². The molecule has 0 saturated carbocycles. The zero-order valence-electron chi connectivity index (χ0n) is 16.7. The molecular weight excluding hydrogens is 471 g/mol. The highest BCUT2D eigenvalue weighted by Gasteiger charge is 2.37. The molecular formula is C21H19ClF3NO5S. The number of benzene rings is 2. The van der Waals surface area contributed by atoms with Crippen molar-refractivity contribution < 1.29 is 35.9 Å². The highest BCUT2D eigenvalue weighted by molar-refractivity contribution is 7.89. The first-order chi connectivity index (χ1) is 15.1. The average molecular weight is 490 g/mol. The highest BCUT2D eigenvalue weighted by Crippen LogP contribution is 2.37. The number of sulfonamides is 1. The number of rotatable bonds is 4. The Morgan fingerprint density at radius 2 is 1.66 bits per heavy atom. The Kier molecular flexibility index (Phi) is 6.12. The number of alkyl halides is 3. The van der Waals surface area contributed by atoms with Gasteiger partial charge in [-0.15, -0.1) is 0 Å². The van der Waals surface area contributed by atoms with Gasteiger partial charge in [0.1, 0.15) is 13.2 Å². The van der Waals surface area contributed by atoms with Gasteiger partial charge in [0, 0.05) is 24.6 Å². The molecule has 0 aromatic heterocycles. The Hall–Kier alpha value is -2.30. The molecule has 4 rings (SSSR count). The first-order valence-electron chi connectivity index (χ1n) is 9.88. The van der Waals surface area contributed by atoms with Gasteiger partial charge in [-0.25, -0.2) is 8.42 Å². The SMILES string of the molecule is O=C(c1ccc2c(c1)OCCO2)C1CCN(S(=O)(=O)c2ccc(Cl)c(C(F)(F)F)c2)CC1. The van der Waals surface area contributed by atoms with Crippen molar-refractivity contribution in [1.29, 1.82) is 0 Å². The van der Waals surface area contributed by atoms with Gasteiger partial charge in [0.2, 0.25) is 10.0 Å². The molecule has 1 fully saturated rings. The Morgan fingerprint density at radius 3 is 2.31 bits per heavy atom. The van der Waals surface area contributed by atoms with Crippen LogP contribution < -0.4 is 9.47 Å². The number of halogens is 4. The summed E-state index contributed by atoms with van der Waals surface area (Å²) in [6.45, 7) is 0.869. The molecule has 2 heterocycles. The van der Waals surface area contributed by atoms with Crippen molar-refractivity contribution in [2.45, 2.75) is 23.9 Å². The van der Waals surface area contributed by atoms with Crippen LogP contribution in [0.4, 0.5) is 13.2 Å². The van der Waals surface area contributed by atoms with E-state index < -0.39 is 37.6 Å². The third-order valence-corrected chi connectivity index (χ3v) is 7.76. The molecule has 0 N–H and O–H groups in total.